The highest BCUT2D eigenvalue weighted by molar-refractivity contribution is 5.98. The molecule has 5 amide bonds. The van der Waals surface area contributed by atoms with Crippen molar-refractivity contribution in [3.05, 3.63) is 107 Å². The van der Waals surface area contributed by atoms with Crippen LogP contribution in [-0.4, -0.2) is 69.1 Å². The predicted octanol–water partition coefficient (Wildman–Crippen LogP) is 3.11. The molecule has 0 aliphatic carbocycles. The lowest BCUT2D eigenvalue weighted by atomic mass is 10.0. The number of oxazole rings is 2. The molecule has 4 bridgehead atoms. The fraction of sp³-hybridized carbons (Fsp3) is 0.361. The second kappa shape index (κ2) is 14.8. The van der Waals surface area contributed by atoms with Crippen molar-refractivity contribution >= 4 is 29.5 Å². The van der Waals surface area contributed by atoms with Crippen LogP contribution in [0.1, 0.15) is 94.4 Å². The van der Waals surface area contributed by atoms with Gasteiger partial charge < -0.3 is 35.0 Å². The zero-order valence-electron chi connectivity index (χ0n) is 27.9. The molecule has 4 aromatic rings. The fourth-order valence-corrected chi connectivity index (χ4v) is 6.18. The Labute approximate surface area is 288 Å². The molecule has 1 saturated heterocycles. The van der Waals surface area contributed by atoms with Crippen molar-refractivity contribution in [3.63, 3.8) is 0 Å². The van der Waals surface area contributed by atoms with E-state index in [-0.39, 0.29) is 54.4 Å². The second-order valence-corrected chi connectivity index (χ2v) is 13.0. The smallest absolute Gasteiger partial charge is 0.276 e. The summed E-state index contributed by atoms with van der Waals surface area (Å²) in [6.45, 7) is 5.51. The first-order chi connectivity index (χ1) is 24.0. The van der Waals surface area contributed by atoms with Gasteiger partial charge in [-0.2, -0.15) is 0 Å². The molecule has 4 N–H and O–H groups in total. The molecule has 14 heteroatoms. The average Bonchev–Trinajstić information content (AvgIpc) is 3.88. The number of nitrogens with zero attached hydrogens (tertiary/aromatic N) is 3. The zero-order chi connectivity index (χ0) is 35.4. The molecule has 6 rings (SSSR count). The predicted molar refractivity (Wildman–Crippen MR) is 178 cm³/mol. The summed E-state index contributed by atoms with van der Waals surface area (Å²) in [4.78, 5) is 78.2. The lowest BCUT2D eigenvalue weighted by molar-refractivity contribution is -0.126. The topological polar surface area (TPSA) is 189 Å². The summed E-state index contributed by atoms with van der Waals surface area (Å²) in [5.74, 6) is -2.34. The van der Waals surface area contributed by atoms with Crippen LogP contribution in [0.5, 0.6) is 0 Å². The normalized spacial score (nSPS) is 23.0. The highest BCUT2D eigenvalue weighted by atomic mass is 16.3. The number of rotatable bonds is 6. The number of fused-ring (bicyclic) bond motifs is 5. The van der Waals surface area contributed by atoms with Crippen LogP contribution in [-0.2, 0) is 16.0 Å². The van der Waals surface area contributed by atoms with Crippen molar-refractivity contribution in [3.8, 4) is 0 Å². The Morgan fingerprint density at radius 1 is 0.860 bits per heavy atom. The van der Waals surface area contributed by atoms with Gasteiger partial charge in [0, 0.05) is 24.6 Å². The number of carbonyl (C=O) groups is 5. The van der Waals surface area contributed by atoms with Crippen LogP contribution in [0.15, 0.2) is 82.0 Å². The van der Waals surface area contributed by atoms with Gasteiger partial charge in [-0.25, -0.2) is 9.97 Å². The van der Waals surface area contributed by atoms with Crippen molar-refractivity contribution in [1.29, 1.82) is 0 Å². The third kappa shape index (κ3) is 7.74. The number of nitrogens with one attached hydrogen (secondary N) is 4. The van der Waals surface area contributed by atoms with Crippen LogP contribution in [0, 0.1) is 5.92 Å². The zero-order valence-corrected chi connectivity index (χ0v) is 27.9. The van der Waals surface area contributed by atoms with Gasteiger partial charge in [0.15, 0.2) is 11.4 Å². The molecule has 2 aliphatic rings. The summed E-state index contributed by atoms with van der Waals surface area (Å²) in [7, 11) is 0. The van der Waals surface area contributed by atoms with Crippen molar-refractivity contribution in [1.82, 2.24) is 36.1 Å². The van der Waals surface area contributed by atoms with E-state index in [4.69, 9.17) is 8.83 Å². The van der Waals surface area contributed by atoms with Crippen molar-refractivity contribution in [2.24, 2.45) is 5.92 Å². The summed E-state index contributed by atoms with van der Waals surface area (Å²) >= 11 is 0. The molecular weight excluding hydrogens is 642 g/mol. The van der Waals surface area contributed by atoms with Gasteiger partial charge in [0.25, 0.3) is 17.7 Å². The first-order valence-electron chi connectivity index (χ1n) is 16.6. The van der Waals surface area contributed by atoms with Crippen molar-refractivity contribution < 1.29 is 32.8 Å². The molecule has 2 aromatic heterocycles. The number of benzene rings is 2. The maximum atomic E-state index is 14.2. The van der Waals surface area contributed by atoms with Crippen LogP contribution in [0.25, 0.3) is 0 Å². The molecule has 0 saturated carbocycles. The number of aromatic nitrogens is 2. The van der Waals surface area contributed by atoms with Crippen LogP contribution < -0.4 is 21.3 Å². The number of carbonyl (C=O) groups excluding carboxylic acids is 5. The third-order valence-electron chi connectivity index (χ3n) is 8.69. The van der Waals surface area contributed by atoms with Crippen molar-refractivity contribution in [2.75, 3.05) is 6.54 Å². The van der Waals surface area contributed by atoms with Gasteiger partial charge in [-0.15, -0.1) is 0 Å². The summed E-state index contributed by atoms with van der Waals surface area (Å²) in [5.41, 5.74) is 1.16. The molecule has 260 valence electrons. The lowest BCUT2D eigenvalue weighted by Crippen LogP contribution is -2.48. The van der Waals surface area contributed by atoms with Crippen LogP contribution in [0.3, 0.4) is 0 Å². The van der Waals surface area contributed by atoms with E-state index in [1.165, 1.54) is 17.4 Å². The maximum absolute atomic E-state index is 14.2. The first-order valence-corrected chi connectivity index (χ1v) is 16.6. The molecule has 0 unspecified atom stereocenters. The molecule has 1 fully saturated rings. The molecule has 14 nitrogen and oxygen atoms in total. The van der Waals surface area contributed by atoms with Gasteiger partial charge in [-0.05, 0) is 43.4 Å². The Hall–Kier alpha value is -5.79. The van der Waals surface area contributed by atoms with E-state index in [0.29, 0.717) is 12.0 Å². The van der Waals surface area contributed by atoms with Gasteiger partial charge in [0.05, 0.1) is 0 Å². The quantitative estimate of drug-likeness (QED) is 0.237. The Morgan fingerprint density at radius 2 is 1.52 bits per heavy atom. The first kappa shape index (κ1) is 34.1. The largest absolute Gasteiger partial charge is 0.446 e. The Bertz CT molecular complexity index is 1860. The van der Waals surface area contributed by atoms with Gasteiger partial charge in [-0.3, -0.25) is 24.0 Å². The average molecular weight is 682 g/mol. The monoisotopic (exact) mass is 681 g/mol. The summed E-state index contributed by atoms with van der Waals surface area (Å²) in [5, 5.41) is 11.5. The summed E-state index contributed by atoms with van der Waals surface area (Å²) in [6.07, 6.45) is 3.06. The van der Waals surface area contributed by atoms with Crippen molar-refractivity contribution in [2.45, 2.75) is 70.2 Å². The molecule has 4 heterocycles. The van der Waals surface area contributed by atoms with E-state index in [1.54, 1.807) is 37.3 Å². The maximum Gasteiger partial charge on any atom is 0.276 e. The minimum absolute atomic E-state index is 0.0214. The second-order valence-electron chi connectivity index (χ2n) is 13.0. The van der Waals surface area contributed by atoms with Crippen LogP contribution in [0.2, 0.25) is 0 Å². The van der Waals surface area contributed by atoms with Gasteiger partial charge >= 0.3 is 0 Å². The van der Waals surface area contributed by atoms with Crippen LogP contribution in [0.4, 0.5) is 0 Å². The van der Waals surface area contributed by atoms with E-state index >= 15 is 0 Å². The minimum atomic E-state index is -1.02. The van der Waals surface area contributed by atoms with Gasteiger partial charge in [-0.1, -0.05) is 62.4 Å². The molecule has 50 heavy (non-hydrogen) atoms. The summed E-state index contributed by atoms with van der Waals surface area (Å²) < 4.78 is 11.4. The molecule has 2 aromatic carbocycles. The highest BCUT2D eigenvalue weighted by Gasteiger charge is 2.42. The third-order valence-corrected chi connectivity index (χ3v) is 8.69. The van der Waals surface area contributed by atoms with E-state index in [1.807, 2.05) is 44.2 Å². The Kier molecular flexibility index (Phi) is 10.1. The highest BCUT2D eigenvalue weighted by Crippen LogP contribution is 2.26. The molecule has 2 aliphatic heterocycles. The van der Waals surface area contributed by atoms with Gasteiger partial charge in [0.2, 0.25) is 23.6 Å². The molecule has 0 spiro atoms. The molecule has 5 atom stereocenters. The fourth-order valence-electron chi connectivity index (χ4n) is 6.18. The van der Waals surface area contributed by atoms with Crippen LogP contribution >= 0.6 is 0 Å². The Balaban J connectivity index is 1.36. The molecule has 0 radical (unpaired) electrons. The number of hydrogen-bond acceptors (Lipinski definition) is 9. The Morgan fingerprint density at radius 3 is 2.24 bits per heavy atom. The van der Waals surface area contributed by atoms with E-state index < -0.39 is 53.8 Å². The molecular formula is C36H39N7O7. The SMILES string of the molecule is CC(C)C[C@H]1NC(=O)c2coc(n2)[C@H](Cc2ccccc2)NC(=O)[C@@H]2C[C@H](NC(=O)c3ccccc3)CN2C(=O)c2coc(n2)[C@@H](C)NC1=O. The van der Waals surface area contributed by atoms with E-state index in [2.05, 4.69) is 31.2 Å². The number of amides is 5. The van der Waals surface area contributed by atoms with E-state index in [9.17, 15) is 24.0 Å². The lowest BCUT2D eigenvalue weighted by Gasteiger charge is -2.25. The van der Waals surface area contributed by atoms with Gasteiger partial charge in [0.1, 0.15) is 36.7 Å². The van der Waals surface area contributed by atoms with E-state index in [0.717, 1.165) is 5.56 Å². The standard InChI is InChI=1S/C36H39N7O7/c1-20(2)14-25-31(45)37-21(3)34-42-28(19-49-34)36(48)43-17-24(38-30(44)23-12-8-5-9-13-23)16-29(43)33(47)40-26(15-22-10-6-4-7-11-22)35-41-27(18-50-35)32(46)39-25/h4-13,18-21,24-26,29H,14-17H2,1-3H3,(H,37,45)(H,38,44)(H,39,46)(H,40,47)/t21-,24+,25-,26+,29+/m1/s1. The number of hydrogen-bond donors (Lipinski definition) is 4. The summed E-state index contributed by atoms with van der Waals surface area (Å²) in [6, 6.07) is 13.9. The minimum Gasteiger partial charge on any atom is -0.446 e.